The van der Waals surface area contributed by atoms with Crippen LogP contribution in [0.5, 0.6) is 5.75 Å². The third kappa shape index (κ3) is 5.43. The van der Waals surface area contributed by atoms with Crippen LogP contribution in [0.25, 0.3) is 16.5 Å². The van der Waals surface area contributed by atoms with E-state index in [1.165, 1.54) is 27.6 Å². The number of benzene rings is 1. The molecule has 0 aliphatic carbocycles. The van der Waals surface area contributed by atoms with Crippen LogP contribution in [0, 0.1) is 0 Å². The van der Waals surface area contributed by atoms with E-state index in [1.54, 1.807) is 6.07 Å². The number of carbonyl (C=O) groups is 1. The summed E-state index contributed by atoms with van der Waals surface area (Å²) in [5.41, 5.74) is 2.21. The van der Waals surface area contributed by atoms with Gasteiger partial charge in [0.2, 0.25) is 5.95 Å². The Kier molecular flexibility index (Phi) is 6.93. The third-order valence-electron chi connectivity index (χ3n) is 5.21. The van der Waals surface area contributed by atoms with Gasteiger partial charge in [-0.1, -0.05) is 45.9 Å². The van der Waals surface area contributed by atoms with Gasteiger partial charge in [0, 0.05) is 12.1 Å². The van der Waals surface area contributed by atoms with Gasteiger partial charge in [0.05, 0.1) is 10.6 Å². The first-order valence-corrected chi connectivity index (χ1v) is 12.0. The highest BCUT2D eigenvalue weighted by Gasteiger charge is 2.17. The summed E-state index contributed by atoms with van der Waals surface area (Å²) in [4.78, 5) is 33.2. The molecule has 8 nitrogen and oxygen atoms in total. The van der Waals surface area contributed by atoms with Crippen molar-refractivity contribution in [3.63, 3.8) is 0 Å². The summed E-state index contributed by atoms with van der Waals surface area (Å²) in [6.07, 6.45) is 0. The van der Waals surface area contributed by atoms with Crippen LogP contribution in [-0.2, 0) is 4.79 Å². The third-order valence-corrected chi connectivity index (χ3v) is 6.10. The Labute approximate surface area is 201 Å². The molecule has 0 radical (unpaired) electrons. The fourth-order valence-electron chi connectivity index (χ4n) is 3.31. The first-order valence-electron chi connectivity index (χ1n) is 11.1. The second-order valence-electron chi connectivity index (χ2n) is 8.51. The first kappa shape index (κ1) is 23.4. The molecular weight excluding hydrogens is 450 g/mol. The summed E-state index contributed by atoms with van der Waals surface area (Å²) in [7, 11) is 0. The van der Waals surface area contributed by atoms with Gasteiger partial charge in [-0.3, -0.25) is 14.6 Å². The maximum Gasteiger partial charge on any atom is 0.263 e. The number of thiophene rings is 1. The Bertz CT molecular complexity index is 1320. The van der Waals surface area contributed by atoms with E-state index in [9.17, 15) is 9.59 Å². The highest BCUT2D eigenvalue weighted by Crippen LogP contribution is 2.27. The second kappa shape index (κ2) is 10.0. The van der Waals surface area contributed by atoms with Crippen molar-refractivity contribution in [1.29, 1.82) is 0 Å². The summed E-state index contributed by atoms with van der Waals surface area (Å²) >= 11 is 1.53. The zero-order valence-corrected chi connectivity index (χ0v) is 20.3. The Hall–Kier alpha value is -3.72. The Morgan fingerprint density at radius 3 is 2.53 bits per heavy atom. The van der Waals surface area contributed by atoms with Crippen LogP contribution in [0.15, 0.2) is 58.7 Å². The lowest BCUT2D eigenvalue weighted by Crippen LogP contribution is -2.23. The number of ether oxygens (including phenoxy) is 1. The molecule has 4 rings (SSSR count). The highest BCUT2D eigenvalue weighted by molar-refractivity contribution is 7.13. The number of anilines is 1. The summed E-state index contributed by atoms with van der Waals surface area (Å²) in [5.74, 6) is 1.36. The Balaban J connectivity index is 1.58. The van der Waals surface area contributed by atoms with Crippen molar-refractivity contribution in [2.45, 2.75) is 39.5 Å². The second-order valence-corrected chi connectivity index (χ2v) is 9.46. The van der Waals surface area contributed by atoms with Crippen molar-refractivity contribution in [1.82, 2.24) is 19.7 Å². The lowest BCUT2D eigenvalue weighted by atomic mass is 10.0. The highest BCUT2D eigenvalue weighted by atomic mass is 32.1. The number of aromatic amines is 1. The van der Waals surface area contributed by atoms with Gasteiger partial charge in [0.15, 0.2) is 6.61 Å². The molecule has 0 bridgehead atoms. The fourth-order valence-corrected chi connectivity index (χ4v) is 3.99. The lowest BCUT2D eigenvalue weighted by molar-refractivity contribution is -0.118. The molecule has 0 spiro atoms. The van der Waals surface area contributed by atoms with Crippen LogP contribution >= 0.6 is 11.3 Å². The molecule has 2 N–H and O–H groups in total. The Morgan fingerprint density at radius 2 is 1.88 bits per heavy atom. The number of H-pyrrole nitrogens is 1. The van der Waals surface area contributed by atoms with Crippen LogP contribution < -0.4 is 15.6 Å². The van der Waals surface area contributed by atoms with Crippen molar-refractivity contribution >= 4 is 23.1 Å². The summed E-state index contributed by atoms with van der Waals surface area (Å²) in [6.45, 7) is 7.99. The lowest BCUT2D eigenvalue weighted by Gasteiger charge is -2.11. The number of nitrogens with one attached hydrogen (secondary N) is 2. The number of rotatable bonds is 8. The van der Waals surface area contributed by atoms with Crippen LogP contribution in [0.4, 0.5) is 5.82 Å². The minimum absolute atomic E-state index is 0.0573. The fraction of sp³-hybridized carbons (Fsp3) is 0.280. The summed E-state index contributed by atoms with van der Waals surface area (Å²) < 4.78 is 7.10. The largest absolute Gasteiger partial charge is 0.484 e. The van der Waals surface area contributed by atoms with Crippen molar-refractivity contribution in [2.75, 3.05) is 11.9 Å². The number of amides is 1. The first-order chi connectivity index (χ1) is 16.3. The number of aromatic nitrogens is 4. The summed E-state index contributed by atoms with van der Waals surface area (Å²) in [6, 6.07) is 14.8. The van der Waals surface area contributed by atoms with Gasteiger partial charge in [-0.25, -0.2) is 4.98 Å². The van der Waals surface area contributed by atoms with E-state index >= 15 is 0 Å². The molecule has 0 aliphatic rings. The van der Waals surface area contributed by atoms with Crippen LogP contribution in [0.2, 0.25) is 0 Å². The minimum atomic E-state index is -0.353. The van der Waals surface area contributed by atoms with Crippen LogP contribution in [0.1, 0.15) is 50.8 Å². The molecule has 0 fully saturated rings. The number of carbonyl (C=O) groups excluding carboxylic acids is 1. The summed E-state index contributed by atoms with van der Waals surface area (Å²) in [5, 5.41) is 9.39. The zero-order chi connectivity index (χ0) is 24.2. The van der Waals surface area contributed by atoms with E-state index < -0.39 is 0 Å². The molecule has 0 saturated heterocycles. The van der Waals surface area contributed by atoms with Crippen LogP contribution in [0.3, 0.4) is 0 Å². The van der Waals surface area contributed by atoms with E-state index in [1.807, 2.05) is 55.6 Å². The van der Waals surface area contributed by atoms with Crippen molar-refractivity contribution < 1.29 is 9.53 Å². The van der Waals surface area contributed by atoms with Gasteiger partial charge in [-0.05, 0) is 41.0 Å². The van der Waals surface area contributed by atoms with Gasteiger partial charge >= 0.3 is 0 Å². The van der Waals surface area contributed by atoms with Gasteiger partial charge in [-0.2, -0.15) is 9.78 Å². The van der Waals surface area contributed by atoms with Crippen molar-refractivity contribution in [2.24, 2.45) is 0 Å². The molecule has 3 aromatic heterocycles. The maximum atomic E-state index is 12.7. The van der Waals surface area contributed by atoms with Crippen molar-refractivity contribution in [3.8, 4) is 22.3 Å². The molecule has 34 heavy (non-hydrogen) atoms. The molecule has 0 saturated carbocycles. The molecule has 1 amide bonds. The van der Waals surface area contributed by atoms with Crippen LogP contribution in [-0.4, -0.2) is 32.3 Å². The minimum Gasteiger partial charge on any atom is -0.484 e. The van der Waals surface area contributed by atoms with Gasteiger partial charge in [0.1, 0.15) is 17.3 Å². The number of hydrogen-bond acceptors (Lipinski definition) is 6. The Morgan fingerprint density at radius 1 is 1.12 bits per heavy atom. The van der Waals surface area contributed by atoms with E-state index in [-0.39, 0.29) is 29.9 Å². The van der Waals surface area contributed by atoms with E-state index in [4.69, 9.17) is 4.74 Å². The van der Waals surface area contributed by atoms with Crippen molar-refractivity contribution in [3.05, 3.63) is 75.5 Å². The van der Waals surface area contributed by atoms with Gasteiger partial charge in [-0.15, -0.1) is 11.3 Å². The van der Waals surface area contributed by atoms with E-state index in [2.05, 4.69) is 34.2 Å². The predicted octanol–water partition coefficient (Wildman–Crippen LogP) is 4.95. The molecule has 0 atom stereocenters. The smallest absolute Gasteiger partial charge is 0.263 e. The normalized spacial score (nSPS) is 11.2. The monoisotopic (exact) mass is 477 g/mol. The molecule has 4 aromatic rings. The predicted molar refractivity (Wildman–Crippen MR) is 134 cm³/mol. The van der Waals surface area contributed by atoms with E-state index in [0.717, 1.165) is 4.88 Å². The maximum absolute atomic E-state index is 12.7. The molecule has 1 aromatic carbocycles. The quantitative estimate of drug-likeness (QED) is 0.374. The molecular formula is C25H27N5O3S. The number of nitrogens with zero attached hydrogens (tertiary/aromatic N) is 3. The van der Waals surface area contributed by atoms with Gasteiger partial charge < -0.3 is 10.1 Å². The SMILES string of the molecule is CC(C)c1ccc(OCC(=O)Nc2cc(-c3cccs3)nn2-c2nc(C(C)C)cc(=O)[nH]2)cc1. The number of hydrogen-bond donors (Lipinski definition) is 2. The zero-order valence-electron chi connectivity index (χ0n) is 19.5. The average molecular weight is 478 g/mol. The molecule has 0 unspecified atom stereocenters. The molecule has 0 aliphatic heterocycles. The van der Waals surface area contributed by atoms with Gasteiger partial charge in [0.25, 0.3) is 11.5 Å². The molecule has 9 heteroatoms. The molecule has 3 heterocycles. The van der Waals surface area contributed by atoms with E-state index in [0.29, 0.717) is 28.9 Å². The average Bonchev–Trinajstić information content (AvgIpc) is 3.48. The standard InChI is InChI=1S/C25H27N5O3S/c1-15(2)17-7-9-18(10-8-17)33-14-24(32)27-22-12-20(21-6-5-11-34-21)29-30(22)25-26-19(16(3)4)13-23(31)28-25/h5-13,15-16H,14H2,1-4H3,(H,27,32)(H,26,28,31). The molecule has 176 valence electrons. The topological polar surface area (TPSA) is 102 Å².